The van der Waals surface area contributed by atoms with Gasteiger partial charge in [0.15, 0.2) is 0 Å². The van der Waals surface area contributed by atoms with Gasteiger partial charge in [-0.3, -0.25) is 4.98 Å². The summed E-state index contributed by atoms with van der Waals surface area (Å²) in [6, 6.07) is 8.53. The number of aromatic nitrogens is 5. The molecule has 3 rings (SSSR count). The highest BCUT2D eigenvalue weighted by Crippen LogP contribution is 2.26. The highest BCUT2D eigenvalue weighted by atomic mass is 16.4. The van der Waals surface area contributed by atoms with Gasteiger partial charge in [0, 0.05) is 23.5 Å². The number of rotatable bonds is 3. The number of benzene rings is 1. The summed E-state index contributed by atoms with van der Waals surface area (Å²) in [5.74, 6) is -0.572. The van der Waals surface area contributed by atoms with Crippen molar-refractivity contribution >= 4 is 5.97 Å². The molecule has 20 heavy (non-hydrogen) atoms. The van der Waals surface area contributed by atoms with E-state index in [9.17, 15) is 9.90 Å². The third kappa shape index (κ3) is 2.12. The Balaban J connectivity index is 2.12. The van der Waals surface area contributed by atoms with Crippen LogP contribution in [-0.4, -0.2) is 36.7 Å². The van der Waals surface area contributed by atoms with Crippen LogP contribution in [0, 0.1) is 0 Å². The molecule has 0 radical (unpaired) electrons. The molecule has 2 N–H and O–H groups in total. The van der Waals surface area contributed by atoms with Crippen LogP contribution in [0.5, 0.6) is 0 Å². The maximum atomic E-state index is 11.2. The van der Waals surface area contributed by atoms with Crippen LogP contribution in [0.2, 0.25) is 0 Å². The molecular formula is C13H9N5O2. The summed E-state index contributed by atoms with van der Waals surface area (Å²) in [7, 11) is 0. The van der Waals surface area contributed by atoms with Crippen LogP contribution in [0.25, 0.3) is 22.5 Å². The van der Waals surface area contributed by atoms with E-state index in [-0.39, 0.29) is 5.56 Å². The largest absolute Gasteiger partial charge is 0.478 e. The van der Waals surface area contributed by atoms with Gasteiger partial charge in [0.1, 0.15) is 0 Å². The molecule has 7 heteroatoms. The zero-order valence-corrected chi connectivity index (χ0v) is 10.2. The first-order chi connectivity index (χ1) is 9.75. The molecule has 0 saturated carbocycles. The third-order valence-corrected chi connectivity index (χ3v) is 2.81. The maximum absolute atomic E-state index is 11.2. The van der Waals surface area contributed by atoms with Crippen LogP contribution >= 0.6 is 0 Å². The lowest BCUT2D eigenvalue weighted by Gasteiger charge is -2.06. The number of H-pyrrole nitrogens is 1. The standard InChI is InChI=1S/C13H9N5O2/c19-13(20)11-4-2-1-3-10(11)8-5-9(7-14-6-8)12-15-17-18-16-12/h1-7H,(H,19,20)(H,15,16,17,18). The molecule has 0 amide bonds. The van der Waals surface area contributed by atoms with Crippen molar-refractivity contribution in [3.05, 3.63) is 48.3 Å². The normalized spacial score (nSPS) is 10.4. The second-order valence-electron chi connectivity index (χ2n) is 4.05. The van der Waals surface area contributed by atoms with Crippen molar-refractivity contribution in [2.24, 2.45) is 0 Å². The molecule has 0 aliphatic heterocycles. The fraction of sp³-hybridized carbons (Fsp3) is 0. The summed E-state index contributed by atoms with van der Waals surface area (Å²) >= 11 is 0. The van der Waals surface area contributed by atoms with Crippen molar-refractivity contribution in [3.8, 4) is 22.5 Å². The summed E-state index contributed by atoms with van der Waals surface area (Å²) < 4.78 is 0. The van der Waals surface area contributed by atoms with Crippen LogP contribution in [0.4, 0.5) is 0 Å². The second kappa shape index (κ2) is 4.88. The minimum atomic E-state index is -0.981. The van der Waals surface area contributed by atoms with E-state index < -0.39 is 5.97 Å². The Morgan fingerprint density at radius 3 is 2.70 bits per heavy atom. The molecule has 0 atom stereocenters. The van der Waals surface area contributed by atoms with Crippen LogP contribution in [0.1, 0.15) is 10.4 Å². The number of carboxylic acids is 1. The van der Waals surface area contributed by atoms with Gasteiger partial charge in [-0.05, 0) is 22.9 Å². The number of pyridine rings is 1. The average molecular weight is 267 g/mol. The number of carboxylic acid groups (broad SMARTS) is 1. The Labute approximate surface area is 113 Å². The number of carbonyl (C=O) groups is 1. The Hall–Kier alpha value is -3.09. The lowest BCUT2D eigenvalue weighted by Crippen LogP contribution is -1.99. The van der Waals surface area contributed by atoms with Crippen LogP contribution in [0.15, 0.2) is 42.7 Å². The lowest BCUT2D eigenvalue weighted by molar-refractivity contribution is 0.0697. The first kappa shape index (κ1) is 12.0. The molecule has 0 fully saturated rings. The minimum absolute atomic E-state index is 0.222. The predicted molar refractivity (Wildman–Crippen MR) is 69.8 cm³/mol. The Morgan fingerprint density at radius 1 is 1.15 bits per heavy atom. The average Bonchev–Trinajstić information content (AvgIpc) is 3.01. The number of tetrazole rings is 1. The number of nitrogens with zero attached hydrogens (tertiary/aromatic N) is 4. The third-order valence-electron chi connectivity index (χ3n) is 2.81. The molecule has 0 aliphatic rings. The molecular weight excluding hydrogens is 258 g/mol. The van der Waals surface area contributed by atoms with Gasteiger partial charge in [-0.1, -0.05) is 18.2 Å². The van der Waals surface area contributed by atoms with Gasteiger partial charge in [-0.15, -0.1) is 10.2 Å². The van der Waals surface area contributed by atoms with Crippen molar-refractivity contribution in [1.82, 2.24) is 25.6 Å². The SMILES string of the molecule is O=C(O)c1ccccc1-c1cncc(-c2nn[nH]n2)c1. The lowest BCUT2D eigenvalue weighted by atomic mass is 10.00. The number of aromatic amines is 1. The van der Waals surface area contributed by atoms with Gasteiger partial charge in [-0.25, -0.2) is 4.79 Å². The molecule has 0 unspecified atom stereocenters. The van der Waals surface area contributed by atoms with E-state index in [0.717, 1.165) is 0 Å². The highest BCUT2D eigenvalue weighted by Gasteiger charge is 2.12. The molecule has 1 aromatic carbocycles. The van der Waals surface area contributed by atoms with E-state index in [1.165, 1.54) is 0 Å². The molecule has 2 heterocycles. The van der Waals surface area contributed by atoms with Gasteiger partial charge in [0.25, 0.3) is 0 Å². The molecule has 0 spiro atoms. The molecule has 0 aliphatic carbocycles. The second-order valence-corrected chi connectivity index (χ2v) is 4.05. The van der Waals surface area contributed by atoms with Gasteiger partial charge in [0.05, 0.1) is 5.56 Å². The Morgan fingerprint density at radius 2 is 1.95 bits per heavy atom. The molecule has 3 aromatic rings. The monoisotopic (exact) mass is 267 g/mol. The van der Waals surface area contributed by atoms with Gasteiger partial charge >= 0.3 is 5.97 Å². The molecule has 0 bridgehead atoms. The molecule has 2 aromatic heterocycles. The minimum Gasteiger partial charge on any atom is -0.478 e. The van der Waals surface area contributed by atoms with E-state index in [2.05, 4.69) is 25.6 Å². The van der Waals surface area contributed by atoms with Crippen molar-refractivity contribution in [2.75, 3.05) is 0 Å². The highest BCUT2D eigenvalue weighted by molar-refractivity contribution is 5.96. The zero-order valence-electron chi connectivity index (χ0n) is 10.2. The fourth-order valence-corrected chi connectivity index (χ4v) is 1.91. The Bertz CT molecular complexity index is 755. The topological polar surface area (TPSA) is 105 Å². The predicted octanol–water partition coefficient (Wildman–Crippen LogP) is 1.63. The fourth-order valence-electron chi connectivity index (χ4n) is 1.91. The molecule has 0 saturated heterocycles. The number of hydrogen-bond donors (Lipinski definition) is 2. The van der Waals surface area contributed by atoms with Gasteiger partial charge in [0.2, 0.25) is 5.82 Å². The van der Waals surface area contributed by atoms with E-state index >= 15 is 0 Å². The first-order valence-corrected chi connectivity index (χ1v) is 5.77. The van der Waals surface area contributed by atoms with E-state index in [1.54, 1.807) is 42.7 Å². The van der Waals surface area contributed by atoms with Crippen molar-refractivity contribution < 1.29 is 9.90 Å². The molecule has 7 nitrogen and oxygen atoms in total. The van der Waals surface area contributed by atoms with E-state index in [4.69, 9.17) is 0 Å². The smallest absolute Gasteiger partial charge is 0.336 e. The summed E-state index contributed by atoms with van der Waals surface area (Å²) in [5.41, 5.74) is 2.17. The van der Waals surface area contributed by atoms with Gasteiger partial charge in [-0.2, -0.15) is 5.21 Å². The number of hydrogen-bond acceptors (Lipinski definition) is 5. The quantitative estimate of drug-likeness (QED) is 0.747. The zero-order chi connectivity index (χ0) is 13.9. The summed E-state index contributed by atoms with van der Waals surface area (Å²) in [5, 5.41) is 22.8. The van der Waals surface area contributed by atoms with Crippen LogP contribution in [0.3, 0.4) is 0 Å². The Kier molecular flexibility index (Phi) is 2.92. The summed E-state index contributed by atoms with van der Waals surface area (Å²) in [4.78, 5) is 15.4. The van der Waals surface area contributed by atoms with Crippen molar-refractivity contribution in [2.45, 2.75) is 0 Å². The number of aromatic carboxylic acids is 1. The van der Waals surface area contributed by atoms with E-state index in [1.807, 2.05) is 0 Å². The number of nitrogens with one attached hydrogen (secondary N) is 1. The molecule has 98 valence electrons. The van der Waals surface area contributed by atoms with Crippen LogP contribution in [-0.2, 0) is 0 Å². The summed E-state index contributed by atoms with van der Waals surface area (Å²) in [6.45, 7) is 0. The van der Waals surface area contributed by atoms with Crippen molar-refractivity contribution in [3.63, 3.8) is 0 Å². The first-order valence-electron chi connectivity index (χ1n) is 5.77. The van der Waals surface area contributed by atoms with Crippen molar-refractivity contribution in [1.29, 1.82) is 0 Å². The van der Waals surface area contributed by atoms with Gasteiger partial charge < -0.3 is 5.11 Å². The van der Waals surface area contributed by atoms with Crippen LogP contribution < -0.4 is 0 Å². The van der Waals surface area contributed by atoms with E-state index in [0.29, 0.717) is 22.5 Å². The summed E-state index contributed by atoms with van der Waals surface area (Å²) in [6.07, 6.45) is 3.20. The maximum Gasteiger partial charge on any atom is 0.336 e.